The molecule has 0 fully saturated rings. The third-order valence-corrected chi connectivity index (χ3v) is 4.36. The highest BCUT2D eigenvalue weighted by atomic mass is 32.2. The van der Waals surface area contributed by atoms with Crippen LogP contribution in [0.2, 0.25) is 0 Å². The Morgan fingerprint density at radius 3 is 2.56 bits per heavy atom. The predicted octanol–water partition coefficient (Wildman–Crippen LogP) is 2.96. The molecule has 0 aliphatic carbocycles. The number of halogens is 1. The Bertz CT molecular complexity index is 395. The molecule has 4 heteroatoms. The average Bonchev–Trinajstić information content (AvgIpc) is 2.34. The molecule has 1 N–H and O–H groups in total. The lowest BCUT2D eigenvalue weighted by molar-refractivity contribution is 0.430. The molecule has 2 atom stereocenters. The van der Waals surface area contributed by atoms with Crippen LogP contribution in [-0.4, -0.2) is 22.5 Å². The van der Waals surface area contributed by atoms with Gasteiger partial charge in [-0.1, -0.05) is 32.9 Å². The first kappa shape index (κ1) is 15.3. The summed E-state index contributed by atoms with van der Waals surface area (Å²) in [6.45, 7) is 7.17. The van der Waals surface area contributed by atoms with Gasteiger partial charge in [0.25, 0.3) is 0 Å². The van der Waals surface area contributed by atoms with Crippen LogP contribution < -0.4 is 5.32 Å². The summed E-state index contributed by atoms with van der Waals surface area (Å²) in [5, 5.41) is 3.37. The molecule has 0 amide bonds. The van der Waals surface area contributed by atoms with E-state index >= 15 is 0 Å². The Kier molecular flexibility index (Phi) is 6.50. The van der Waals surface area contributed by atoms with Crippen LogP contribution in [-0.2, 0) is 10.8 Å². The average molecular weight is 271 g/mol. The van der Waals surface area contributed by atoms with E-state index in [9.17, 15) is 8.60 Å². The lowest BCUT2D eigenvalue weighted by atomic mass is 10.1. The van der Waals surface area contributed by atoms with E-state index < -0.39 is 10.8 Å². The number of nitrogens with one attached hydrogen (secondary N) is 1. The van der Waals surface area contributed by atoms with Gasteiger partial charge in [-0.25, -0.2) is 4.39 Å². The molecule has 0 saturated carbocycles. The molecule has 2 unspecified atom stereocenters. The number of hydrogen-bond donors (Lipinski definition) is 1. The summed E-state index contributed by atoms with van der Waals surface area (Å²) in [6.07, 6.45) is 1.04. The maximum Gasteiger partial charge on any atom is 0.139 e. The molecule has 0 aromatic heterocycles. The highest BCUT2D eigenvalue weighted by Gasteiger charge is 2.18. The molecule has 1 rings (SSSR count). The molecular formula is C14H22FNOS. The monoisotopic (exact) mass is 271 g/mol. The summed E-state index contributed by atoms with van der Waals surface area (Å²) < 4.78 is 25.7. The van der Waals surface area contributed by atoms with Crippen molar-refractivity contribution < 1.29 is 8.60 Å². The summed E-state index contributed by atoms with van der Waals surface area (Å²) >= 11 is 0. The smallest absolute Gasteiger partial charge is 0.139 e. The topological polar surface area (TPSA) is 29.1 Å². The first-order valence-electron chi connectivity index (χ1n) is 6.42. The van der Waals surface area contributed by atoms with Crippen molar-refractivity contribution in [1.29, 1.82) is 0 Å². The van der Waals surface area contributed by atoms with Gasteiger partial charge in [0.1, 0.15) is 5.82 Å². The van der Waals surface area contributed by atoms with Crippen molar-refractivity contribution in [3.63, 3.8) is 0 Å². The fraction of sp³-hybridized carbons (Fsp3) is 0.571. The normalized spacial score (nSPS) is 14.7. The Hall–Kier alpha value is -0.740. The van der Waals surface area contributed by atoms with Crippen LogP contribution in [0.15, 0.2) is 29.2 Å². The summed E-state index contributed by atoms with van der Waals surface area (Å²) in [5.74, 6) is 0.458. The van der Waals surface area contributed by atoms with Crippen molar-refractivity contribution in [2.75, 3.05) is 12.3 Å². The van der Waals surface area contributed by atoms with E-state index in [4.69, 9.17) is 0 Å². The van der Waals surface area contributed by atoms with Gasteiger partial charge in [-0.3, -0.25) is 4.21 Å². The van der Waals surface area contributed by atoms with Crippen molar-refractivity contribution in [2.24, 2.45) is 5.92 Å². The lowest BCUT2D eigenvalue weighted by Crippen LogP contribution is -2.39. The number of rotatable bonds is 7. The zero-order valence-electron chi connectivity index (χ0n) is 11.3. The minimum atomic E-state index is -1.29. The molecule has 0 radical (unpaired) electrons. The van der Waals surface area contributed by atoms with Crippen LogP contribution in [0, 0.1) is 11.7 Å². The third kappa shape index (κ3) is 4.50. The second-order valence-corrected chi connectivity index (χ2v) is 6.21. The van der Waals surface area contributed by atoms with Crippen molar-refractivity contribution in [3.05, 3.63) is 30.1 Å². The quantitative estimate of drug-likeness (QED) is 0.826. The molecule has 1 aromatic carbocycles. The Morgan fingerprint density at radius 1 is 1.33 bits per heavy atom. The van der Waals surface area contributed by atoms with Gasteiger partial charge in [0, 0.05) is 11.8 Å². The zero-order chi connectivity index (χ0) is 13.5. The Morgan fingerprint density at radius 2 is 2.00 bits per heavy atom. The molecule has 18 heavy (non-hydrogen) atoms. The molecule has 0 bridgehead atoms. The standard InChI is InChI=1S/C14H22FNOS/c1-4-9-16-13(11(2)3)10-18(17)14-8-6-5-7-12(14)15/h5-8,11,13,16H,4,9-10H2,1-3H3. The number of hydrogen-bond acceptors (Lipinski definition) is 2. The van der Waals surface area contributed by atoms with Crippen molar-refractivity contribution in [1.82, 2.24) is 5.32 Å². The molecule has 2 nitrogen and oxygen atoms in total. The van der Waals surface area contributed by atoms with Gasteiger partial charge in [0.15, 0.2) is 0 Å². The third-order valence-electron chi connectivity index (χ3n) is 2.87. The Balaban J connectivity index is 2.69. The van der Waals surface area contributed by atoms with Gasteiger partial charge in [0.05, 0.1) is 15.7 Å². The van der Waals surface area contributed by atoms with E-state index in [2.05, 4.69) is 26.1 Å². The van der Waals surface area contributed by atoms with Gasteiger partial charge in [0.2, 0.25) is 0 Å². The van der Waals surface area contributed by atoms with E-state index in [-0.39, 0.29) is 11.9 Å². The van der Waals surface area contributed by atoms with Crippen LogP contribution in [0.25, 0.3) is 0 Å². The highest BCUT2D eigenvalue weighted by molar-refractivity contribution is 7.85. The van der Waals surface area contributed by atoms with E-state index in [1.54, 1.807) is 18.2 Å². The Labute approximate surface area is 111 Å². The second kappa shape index (κ2) is 7.64. The number of benzene rings is 1. The summed E-state index contributed by atoms with van der Waals surface area (Å²) in [5.41, 5.74) is 0. The van der Waals surface area contributed by atoms with E-state index in [0.29, 0.717) is 16.6 Å². The van der Waals surface area contributed by atoms with Crippen LogP contribution in [0.3, 0.4) is 0 Å². The maximum atomic E-state index is 13.5. The van der Waals surface area contributed by atoms with Gasteiger partial charge in [-0.2, -0.15) is 0 Å². The summed E-state index contributed by atoms with van der Waals surface area (Å²) in [7, 11) is -1.29. The zero-order valence-corrected chi connectivity index (χ0v) is 12.1. The van der Waals surface area contributed by atoms with E-state index in [1.807, 2.05) is 0 Å². The van der Waals surface area contributed by atoms with Gasteiger partial charge < -0.3 is 5.32 Å². The van der Waals surface area contributed by atoms with Crippen LogP contribution in [0.4, 0.5) is 4.39 Å². The van der Waals surface area contributed by atoms with E-state index in [1.165, 1.54) is 6.07 Å². The molecule has 0 heterocycles. The molecule has 1 aromatic rings. The van der Waals surface area contributed by atoms with Crippen LogP contribution in [0.1, 0.15) is 27.2 Å². The minimum Gasteiger partial charge on any atom is -0.313 e. The molecule has 0 aliphatic rings. The largest absolute Gasteiger partial charge is 0.313 e. The second-order valence-electron chi connectivity index (χ2n) is 4.75. The first-order chi connectivity index (χ1) is 8.56. The first-order valence-corrected chi connectivity index (χ1v) is 7.74. The van der Waals surface area contributed by atoms with Crippen molar-refractivity contribution in [3.8, 4) is 0 Å². The van der Waals surface area contributed by atoms with Crippen molar-refractivity contribution in [2.45, 2.75) is 38.1 Å². The predicted molar refractivity (Wildman–Crippen MR) is 74.6 cm³/mol. The fourth-order valence-electron chi connectivity index (χ4n) is 1.70. The van der Waals surface area contributed by atoms with Gasteiger partial charge in [-0.15, -0.1) is 0 Å². The van der Waals surface area contributed by atoms with Crippen molar-refractivity contribution >= 4 is 10.8 Å². The summed E-state index contributed by atoms with van der Waals surface area (Å²) in [6, 6.07) is 6.45. The van der Waals surface area contributed by atoms with Gasteiger partial charge >= 0.3 is 0 Å². The SMILES string of the molecule is CCCNC(CS(=O)c1ccccc1F)C(C)C. The van der Waals surface area contributed by atoms with Crippen LogP contribution in [0.5, 0.6) is 0 Å². The van der Waals surface area contributed by atoms with Crippen LogP contribution >= 0.6 is 0 Å². The maximum absolute atomic E-state index is 13.5. The molecule has 0 aliphatic heterocycles. The van der Waals surface area contributed by atoms with E-state index in [0.717, 1.165) is 13.0 Å². The molecule has 0 spiro atoms. The molecule has 0 saturated heterocycles. The highest BCUT2D eigenvalue weighted by Crippen LogP contribution is 2.14. The molecule has 102 valence electrons. The summed E-state index contributed by atoms with van der Waals surface area (Å²) in [4.78, 5) is 0.307. The fourth-order valence-corrected chi connectivity index (χ4v) is 3.22. The minimum absolute atomic E-state index is 0.158. The lowest BCUT2D eigenvalue weighted by Gasteiger charge is -2.21. The molecular weight excluding hydrogens is 249 g/mol. The van der Waals surface area contributed by atoms with Gasteiger partial charge in [-0.05, 0) is 31.0 Å².